The van der Waals surface area contributed by atoms with Gasteiger partial charge in [0.05, 0.1) is 57.0 Å². The molecule has 0 saturated carbocycles. The van der Waals surface area contributed by atoms with Gasteiger partial charge in [-0.25, -0.2) is 0 Å². The Bertz CT molecular complexity index is 3260. The van der Waals surface area contributed by atoms with Crippen LogP contribution in [0.15, 0.2) is 176 Å². The highest BCUT2D eigenvalue weighted by molar-refractivity contribution is 6.12. The van der Waals surface area contributed by atoms with Crippen LogP contribution in [0.1, 0.15) is 16.7 Å². The van der Waals surface area contributed by atoms with Gasteiger partial charge in [-0.15, -0.1) is 0 Å². The van der Waals surface area contributed by atoms with E-state index in [2.05, 4.69) is 130 Å². The molecule has 8 aromatic carbocycles. The van der Waals surface area contributed by atoms with E-state index in [0.717, 1.165) is 83.0 Å². The number of fused-ring (bicyclic) bond motifs is 6. The van der Waals surface area contributed by atoms with E-state index in [1.165, 1.54) is 5.39 Å². The molecule has 0 atom stereocenters. The van der Waals surface area contributed by atoms with Gasteiger partial charge in [0.1, 0.15) is 0 Å². The van der Waals surface area contributed by atoms with Crippen LogP contribution >= 0.6 is 0 Å². The molecule has 0 radical (unpaired) electrons. The van der Waals surface area contributed by atoms with Gasteiger partial charge in [-0.3, -0.25) is 0 Å². The number of para-hydroxylation sites is 2. The third-order valence-electron chi connectivity index (χ3n) is 10.8. The molecule has 0 N–H and O–H groups in total. The SMILES string of the molecule is N#Cc1ccc(-c2ccccc2-c2cc(-c3ccc4c(c3)c3ccccc3n4-c3ccccc3)cc(-n3c4ccc(C#N)cc4c4cc(C#N)ccc43)c2)cc1. The first kappa shape index (κ1) is 32.5. The lowest BCUT2D eigenvalue weighted by molar-refractivity contribution is 1.18. The zero-order chi connectivity index (χ0) is 37.8. The molecule has 56 heavy (non-hydrogen) atoms. The van der Waals surface area contributed by atoms with Crippen molar-refractivity contribution in [1.29, 1.82) is 15.8 Å². The van der Waals surface area contributed by atoms with Crippen LogP contribution in [0.4, 0.5) is 0 Å². The number of rotatable bonds is 5. The van der Waals surface area contributed by atoms with Crippen LogP contribution in [0.2, 0.25) is 0 Å². The molecule has 0 saturated heterocycles. The summed E-state index contributed by atoms with van der Waals surface area (Å²) < 4.78 is 4.57. The Kier molecular flexibility index (Phi) is 7.57. The summed E-state index contributed by atoms with van der Waals surface area (Å²) in [6.45, 7) is 0. The quantitative estimate of drug-likeness (QED) is 0.178. The standard InChI is InChI=1S/C51H29N5/c52-30-33-14-18-36(19-15-33)42-10-4-5-11-43(42)39-26-38(37-20-23-51-47(29-37)44-12-6-7-13-48(44)55(51)40-8-2-1-3-9-40)27-41(28-39)56-49-21-16-34(31-53)24-45(49)46-25-35(32-54)17-22-50(46)56/h1-29H. The Balaban J connectivity index is 1.26. The molecule has 0 spiro atoms. The number of hydrogen-bond donors (Lipinski definition) is 0. The van der Waals surface area contributed by atoms with Crippen LogP contribution in [0.5, 0.6) is 0 Å². The molecule has 0 aliphatic carbocycles. The second-order valence-electron chi connectivity index (χ2n) is 13.9. The van der Waals surface area contributed by atoms with Gasteiger partial charge in [-0.2, -0.15) is 15.8 Å². The minimum atomic E-state index is 0.563. The molecule has 0 aliphatic heterocycles. The van der Waals surface area contributed by atoms with Gasteiger partial charge in [0.25, 0.3) is 0 Å². The zero-order valence-electron chi connectivity index (χ0n) is 30.0. The molecule has 0 fully saturated rings. The molecule has 0 amide bonds. The second kappa shape index (κ2) is 13.0. The van der Waals surface area contributed by atoms with Crippen LogP contribution in [0.25, 0.3) is 88.4 Å². The van der Waals surface area contributed by atoms with Crippen molar-refractivity contribution in [2.24, 2.45) is 0 Å². The fourth-order valence-corrected chi connectivity index (χ4v) is 8.22. The van der Waals surface area contributed by atoms with E-state index >= 15 is 0 Å². The maximum Gasteiger partial charge on any atom is 0.0991 e. The number of nitrogens with zero attached hydrogens (tertiary/aromatic N) is 5. The summed E-state index contributed by atoms with van der Waals surface area (Å²) in [7, 11) is 0. The number of benzene rings is 8. The Hall–Kier alpha value is -8.17. The van der Waals surface area contributed by atoms with Crippen molar-refractivity contribution in [1.82, 2.24) is 9.13 Å². The Morgan fingerprint density at radius 1 is 0.304 bits per heavy atom. The minimum absolute atomic E-state index is 0.563. The van der Waals surface area contributed by atoms with E-state index in [1.54, 1.807) is 0 Å². The first-order valence-electron chi connectivity index (χ1n) is 18.3. The first-order chi connectivity index (χ1) is 27.6. The molecule has 258 valence electrons. The first-order valence-corrected chi connectivity index (χ1v) is 18.3. The zero-order valence-corrected chi connectivity index (χ0v) is 30.0. The van der Waals surface area contributed by atoms with Gasteiger partial charge in [-0.05, 0) is 130 Å². The Morgan fingerprint density at radius 3 is 1.45 bits per heavy atom. The lowest BCUT2D eigenvalue weighted by Crippen LogP contribution is -1.97. The molecule has 0 bridgehead atoms. The smallest absolute Gasteiger partial charge is 0.0991 e. The summed E-state index contributed by atoms with van der Waals surface area (Å²) in [5.41, 5.74) is 14.3. The van der Waals surface area contributed by atoms with Gasteiger partial charge in [-0.1, -0.05) is 78.9 Å². The van der Waals surface area contributed by atoms with Crippen LogP contribution in [0, 0.1) is 34.0 Å². The normalized spacial score (nSPS) is 11.2. The molecule has 5 heteroatoms. The third-order valence-corrected chi connectivity index (χ3v) is 10.8. The lowest BCUT2D eigenvalue weighted by Gasteiger charge is -2.16. The van der Waals surface area contributed by atoms with Crippen molar-refractivity contribution < 1.29 is 0 Å². The number of nitriles is 3. The molecule has 2 heterocycles. The van der Waals surface area contributed by atoms with E-state index in [-0.39, 0.29) is 0 Å². The fourth-order valence-electron chi connectivity index (χ4n) is 8.22. The van der Waals surface area contributed by atoms with Gasteiger partial charge in [0.15, 0.2) is 0 Å². The summed E-state index contributed by atoms with van der Waals surface area (Å²) in [6, 6.07) is 67.0. The van der Waals surface area contributed by atoms with Crippen molar-refractivity contribution in [2.75, 3.05) is 0 Å². The highest BCUT2D eigenvalue weighted by Gasteiger charge is 2.19. The van der Waals surface area contributed by atoms with Crippen molar-refractivity contribution in [3.8, 4) is 63.0 Å². The molecule has 10 rings (SSSR count). The van der Waals surface area contributed by atoms with Crippen molar-refractivity contribution in [3.63, 3.8) is 0 Å². The maximum atomic E-state index is 9.85. The van der Waals surface area contributed by atoms with Crippen LogP contribution < -0.4 is 0 Å². The molecule has 0 aliphatic rings. The van der Waals surface area contributed by atoms with Gasteiger partial charge < -0.3 is 9.13 Å². The number of aromatic nitrogens is 2. The second-order valence-corrected chi connectivity index (χ2v) is 13.9. The van der Waals surface area contributed by atoms with Crippen LogP contribution in [-0.2, 0) is 0 Å². The highest BCUT2D eigenvalue weighted by Crippen LogP contribution is 2.41. The fraction of sp³-hybridized carbons (Fsp3) is 0. The summed E-state index contributed by atoms with van der Waals surface area (Å²) in [6.07, 6.45) is 0. The van der Waals surface area contributed by atoms with Crippen LogP contribution in [0.3, 0.4) is 0 Å². The minimum Gasteiger partial charge on any atom is -0.309 e. The largest absolute Gasteiger partial charge is 0.309 e. The van der Waals surface area contributed by atoms with Crippen LogP contribution in [-0.4, -0.2) is 9.13 Å². The molecule has 0 unspecified atom stereocenters. The van der Waals surface area contributed by atoms with E-state index in [9.17, 15) is 15.8 Å². The lowest BCUT2D eigenvalue weighted by atomic mass is 9.91. The summed E-state index contributed by atoms with van der Waals surface area (Å²) in [5, 5.41) is 33.4. The summed E-state index contributed by atoms with van der Waals surface area (Å²) in [5.74, 6) is 0. The van der Waals surface area contributed by atoms with Gasteiger partial charge in [0, 0.05) is 32.9 Å². The van der Waals surface area contributed by atoms with E-state index < -0.39 is 0 Å². The molecule has 2 aromatic heterocycles. The monoisotopic (exact) mass is 711 g/mol. The molecule has 5 nitrogen and oxygen atoms in total. The van der Waals surface area contributed by atoms with E-state index in [4.69, 9.17) is 0 Å². The van der Waals surface area contributed by atoms with Crippen molar-refractivity contribution in [2.45, 2.75) is 0 Å². The maximum absolute atomic E-state index is 9.85. The average molecular weight is 712 g/mol. The predicted molar refractivity (Wildman–Crippen MR) is 226 cm³/mol. The molecular formula is C51H29N5. The summed E-state index contributed by atoms with van der Waals surface area (Å²) >= 11 is 0. The predicted octanol–water partition coefficient (Wildman–Crippen LogP) is 12.5. The van der Waals surface area contributed by atoms with Crippen molar-refractivity contribution >= 4 is 43.6 Å². The molecular weight excluding hydrogens is 683 g/mol. The summed E-state index contributed by atoms with van der Waals surface area (Å²) in [4.78, 5) is 0. The Morgan fingerprint density at radius 2 is 0.786 bits per heavy atom. The van der Waals surface area contributed by atoms with E-state index in [1.807, 2.05) is 72.8 Å². The topological polar surface area (TPSA) is 81.2 Å². The van der Waals surface area contributed by atoms with Gasteiger partial charge in [0.2, 0.25) is 0 Å². The average Bonchev–Trinajstić information content (AvgIpc) is 3.78. The third kappa shape index (κ3) is 5.22. The molecule has 10 aromatic rings. The van der Waals surface area contributed by atoms with Gasteiger partial charge >= 0.3 is 0 Å². The highest BCUT2D eigenvalue weighted by atomic mass is 15.0. The van der Waals surface area contributed by atoms with E-state index in [0.29, 0.717) is 16.7 Å². The van der Waals surface area contributed by atoms with Crippen molar-refractivity contribution in [3.05, 3.63) is 193 Å². The Labute approximate surface area is 323 Å². The number of hydrogen-bond acceptors (Lipinski definition) is 3.